The van der Waals surface area contributed by atoms with Gasteiger partial charge in [0.2, 0.25) is 5.88 Å². The summed E-state index contributed by atoms with van der Waals surface area (Å²) in [5.74, 6) is -2.42. The lowest BCUT2D eigenvalue weighted by molar-refractivity contribution is 0.443. The molecule has 0 fully saturated rings. The van der Waals surface area contributed by atoms with Crippen LogP contribution >= 0.6 is 0 Å². The summed E-state index contributed by atoms with van der Waals surface area (Å²) in [5.41, 5.74) is -0.0998. The van der Waals surface area contributed by atoms with Gasteiger partial charge in [-0.05, 0) is 24.6 Å². The lowest BCUT2D eigenvalue weighted by Gasteiger charge is -2.05. The molecule has 0 bridgehead atoms. The van der Waals surface area contributed by atoms with Gasteiger partial charge in [0.15, 0.2) is 11.6 Å². The minimum Gasteiger partial charge on any atom is -0.493 e. The number of hydrogen-bond donors (Lipinski definition) is 2. The van der Waals surface area contributed by atoms with Crippen LogP contribution in [0.2, 0.25) is 0 Å². The summed E-state index contributed by atoms with van der Waals surface area (Å²) < 4.78 is 25.9. The number of nitrogens with zero attached hydrogens (tertiary/aromatic N) is 1. The maximum absolute atomic E-state index is 13.1. The van der Waals surface area contributed by atoms with Crippen LogP contribution < -0.4 is 5.56 Å². The minimum atomic E-state index is -1.04. The van der Waals surface area contributed by atoms with Crippen molar-refractivity contribution in [1.82, 2.24) is 9.97 Å². The van der Waals surface area contributed by atoms with E-state index in [9.17, 15) is 18.7 Å². The Morgan fingerprint density at radius 1 is 1.32 bits per heavy atom. The van der Waals surface area contributed by atoms with Crippen LogP contribution in [0.25, 0.3) is 11.4 Å². The van der Waals surface area contributed by atoms with Crippen LogP contribution in [0.3, 0.4) is 0 Å². The van der Waals surface area contributed by atoms with Gasteiger partial charge in [0.1, 0.15) is 5.82 Å². The number of H-pyrrole nitrogens is 1. The first kappa shape index (κ1) is 13.2. The zero-order chi connectivity index (χ0) is 14.0. The first-order valence-corrected chi connectivity index (χ1v) is 5.80. The fourth-order valence-corrected chi connectivity index (χ4v) is 1.74. The zero-order valence-corrected chi connectivity index (χ0v) is 10.2. The van der Waals surface area contributed by atoms with Crippen molar-refractivity contribution in [3.63, 3.8) is 0 Å². The van der Waals surface area contributed by atoms with Gasteiger partial charge < -0.3 is 10.1 Å². The molecule has 0 aliphatic rings. The maximum Gasteiger partial charge on any atom is 0.258 e. The molecule has 1 heterocycles. The highest BCUT2D eigenvalue weighted by atomic mass is 19.2. The zero-order valence-electron chi connectivity index (χ0n) is 10.2. The average molecular weight is 266 g/mol. The van der Waals surface area contributed by atoms with Crippen molar-refractivity contribution in [2.24, 2.45) is 0 Å². The summed E-state index contributed by atoms with van der Waals surface area (Å²) >= 11 is 0. The quantitative estimate of drug-likeness (QED) is 0.896. The molecule has 0 unspecified atom stereocenters. The molecule has 0 aliphatic carbocycles. The molecule has 2 N–H and O–H groups in total. The van der Waals surface area contributed by atoms with E-state index in [1.54, 1.807) is 0 Å². The molecule has 0 saturated heterocycles. The highest BCUT2D eigenvalue weighted by Gasteiger charge is 2.12. The van der Waals surface area contributed by atoms with E-state index in [-0.39, 0.29) is 22.8 Å². The van der Waals surface area contributed by atoms with E-state index in [0.29, 0.717) is 12.8 Å². The van der Waals surface area contributed by atoms with Gasteiger partial charge in [-0.15, -0.1) is 0 Å². The number of nitrogens with one attached hydrogen (secondary N) is 1. The Bertz CT molecular complexity index is 668. The summed E-state index contributed by atoms with van der Waals surface area (Å²) in [7, 11) is 0. The van der Waals surface area contributed by atoms with Gasteiger partial charge in [0.25, 0.3) is 5.56 Å². The Hall–Kier alpha value is -2.24. The summed E-state index contributed by atoms with van der Waals surface area (Å²) in [4.78, 5) is 18.0. The number of benzene rings is 1. The van der Waals surface area contributed by atoms with E-state index < -0.39 is 17.2 Å². The van der Waals surface area contributed by atoms with Gasteiger partial charge in [0.05, 0.1) is 5.56 Å². The Kier molecular flexibility index (Phi) is 3.59. The molecule has 0 amide bonds. The van der Waals surface area contributed by atoms with E-state index in [0.717, 1.165) is 12.1 Å². The van der Waals surface area contributed by atoms with Gasteiger partial charge in [0, 0.05) is 5.56 Å². The predicted octanol–water partition coefficient (Wildman–Crippen LogP) is 2.37. The SMILES string of the molecule is CCCc1c(O)nc(-c2ccc(F)c(F)c2)[nH]c1=O. The third-order valence-electron chi connectivity index (χ3n) is 2.69. The van der Waals surface area contributed by atoms with Gasteiger partial charge in [-0.3, -0.25) is 4.79 Å². The molecule has 6 heteroatoms. The second-order valence-electron chi connectivity index (χ2n) is 4.10. The lowest BCUT2D eigenvalue weighted by atomic mass is 10.1. The summed E-state index contributed by atoms with van der Waals surface area (Å²) in [6, 6.07) is 3.11. The summed E-state index contributed by atoms with van der Waals surface area (Å²) in [6.07, 6.45) is 1.08. The smallest absolute Gasteiger partial charge is 0.258 e. The predicted molar refractivity (Wildman–Crippen MR) is 65.9 cm³/mol. The number of halogens is 2. The third-order valence-corrected chi connectivity index (χ3v) is 2.69. The summed E-state index contributed by atoms with van der Waals surface area (Å²) in [5, 5.41) is 9.69. The number of aromatic hydroxyl groups is 1. The normalized spacial score (nSPS) is 10.7. The topological polar surface area (TPSA) is 66.0 Å². The van der Waals surface area contributed by atoms with Crippen LogP contribution in [0.15, 0.2) is 23.0 Å². The number of rotatable bonds is 3. The van der Waals surface area contributed by atoms with Crippen molar-refractivity contribution < 1.29 is 13.9 Å². The van der Waals surface area contributed by atoms with Crippen LogP contribution in [-0.2, 0) is 6.42 Å². The standard InChI is InChI=1S/C13H12F2N2O2/c1-2-3-8-12(18)16-11(17-13(8)19)7-4-5-9(14)10(15)6-7/h4-6H,2-3H2,1H3,(H2,16,17,18,19). The number of hydrogen-bond acceptors (Lipinski definition) is 3. The molecule has 2 aromatic rings. The minimum absolute atomic E-state index is 0.00116. The van der Waals surface area contributed by atoms with E-state index in [2.05, 4.69) is 9.97 Å². The number of aromatic nitrogens is 2. The fraction of sp³-hybridized carbons (Fsp3) is 0.231. The first-order valence-electron chi connectivity index (χ1n) is 5.80. The van der Waals surface area contributed by atoms with Gasteiger partial charge in [-0.1, -0.05) is 13.3 Å². The molecule has 19 heavy (non-hydrogen) atoms. The molecule has 0 aliphatic heterocycles. The molecule has 1 aromatic heterocycles. The molecule has 100 valence electrons. The van der Waals surface area contributed by atoms with Crippen molar-refractivity contribution in [3.05, 3.63) is 45.8 Å². The highest BCUT2D eigenvalue weighted by Crippen LogP contribution is 2.20. The van der Waals surface area contributed by atoms with Crippen LogP contribution in [0, 0.1) is 11.6 Å². The van der Waals surface area contributed by atoms with E-state index in [1.807, 2.05) is 6.92 Å². The Balaban J connectivity index is 2.52. The molecule has 1 aromatic carbocycles. The van der Waals surface area contributed by atoms with Crippen molar-refractivity contribution in [3.8, 4) is 17.3 Å². The van der Waals surface area contributed by atoms with Gasteiger partial charge in [-0.25, -0.2) is 8.78 Å². The van der Waals surface area contributed by atoms with Crippen LogP contribution in [0.1, 0.15) is 18.9 Å². The molecular formula is C13H12F2N2O2. The second-order valence-corrected chi connectivity index (χ2v) is 4.10. The highest BCUT2D eigenvalue weighted by molar-refractivity contribution is 5.55. The number of aromatic amines is 1. The molecule has 2 rings (SSSR count). The fourth-order valence-electron chi connectivity index (χ4n) is 1.74. The summed E-state index contributed by atoms with van der Waals surface area (Å²) in [6.45, 7) is 1.86. The Morgan fingerprint density at radius 2 is 2.05 bits per heavy atom. The van der Waals surface area contributed by atoms with E-state index in [1.165, 1.54) is 6.07 Å². The van der Waals surface area contributed by atoms with Crippen LogP contribution in [0.5, 0.6) is 5.88 Å². The van der Waals surface area contributed by atoms with E-state index >= 15 is 0 Å². The molecule has 0 radical (unpaired) electrons. The van der Waals surface area contributed by atoms with Gasteiger partial charge >= 0.3 is 0 Å². The van der Waals surface area contributed by atoms with Gasteiger partial charge in [-0.2, -0.15) is 4.98 Å². The van der Waals surface area contributed by atoms with Crippen LogP contribution in [-0.4, -0.2) is 15.1 Å². The maximum atomic E-state index is 13.1. The van der Waals surface area contributed by atoms with Crippen molar-refractivity contribution >= 4 is 0 Å². The van der Waals surface area contributed by atoms with E-state index in [4.69, 9.17) is 0 Å². The average Bonchev–Trinajstić information content (AvgIpc) is 2.37. The molecule has 0 spiro atoms. The monoisotopic (exact) mass is 266 g/mol. The molecular weight excluding hydrogens is 254 g/mol. The largest absolute Gasteiger partial charge is 0.493 e. The van der Waals surface area contributed by atoms with Crippen molar-refractivity contribution in [1.29, 1.82) is 0 Å². The first-order chi connectivity index (χ1) is 9.02. The third kappa shape index (κ3) is 2.62. The molecule has 0 saturated carbocycles. The second kappa shape index (κ2) is 5.17. The molecule has 4 nitrogen and oxygen atoms in total. The Morgan fingerprint density at radius 3 is 2.63 bits per heavy atom. The Labute approximate surface area is 107 Å². The van der Waals surface area contributed by atoms with Crippen molar-refractivity contribution in [2.75, 3.05) is 0 Å². The van der Waals surface area contributed by atoms with Crippen molar-refractivity contribution in [2.45, 2.75) is 19.8 Å². The lowest BCUT2D eigenvalue weighted by Crippen LogP contribution is -2.15. The molecule has 0 atom stereocenters. The van der Waals surface area contributed by atoms with Crippen LogP contribution in [0.4, 0.5) is 8.78 Å².